The van der Waals surface area contributed by atoms with Gasteiger partial charge in [-0.05, 0) is 43.1 Å². The Bertz CT molecular complexity index is 878. The Balaban J connectivity index is 1.24. The van der Waals surface area contributed by atoms with Gasteiger partial charge in [0.1, 0.15) is 11.9 Å². The van der Waals surface area contributed by atoms with Crippen molar-refractivity contribution in [3.05, 3.63) is 54.1 Å². The van der Waals surface area contributed by atoms with Gasteiger partial charge in [-0.2, -0.15) is 0 Å². The molecule has 0 unspecified atom stereocenters. The standard InChI is InChI=1S/C22H26N4O2/c27-21-20-18-10-4-9-17(18)14-25(20)22(28)26(21)15-19-23-11-13-24(19)12-5-8-16-6-2-1-3-7-16/h1-3,6-7,11,13,17-18,20H,4-5,8-10,12,14-15H2/t17-,18+,20+/m1/s1. The van der Waals surface area contributed by atoms with Crippen molar-refractivity contribution in [1.29, 1.82) is 0 Å². The van der Waals surface area contributed by atoms with Crippen molar-refractivity contribution in [2.45, 2.75) is 51.2 Å². The molecular weight excluding hydrogens is 352 g/mol. The third kappa shape index (κ3) is 2.91. The highest BCUT2D eigenvalue weighted by Gasteiger charge is 2.56. The fraction of sp³-hybridized carbons (Fsp3) is 0.500. The predicted molar refractivity (Wildman–Crippen MR) is 104 cm³/mol. The number of rotatable bonds is 6. The van der Waals surface area contributed by atoms with Gasteiger partial charge in [0, 0.05) is 25.5 Å². The van der Waals surface area contributed by atoms with Crippen LogP contribution >= 0.6 is 0 Å². The van der Waals surface area contributed by atoms with Gasteiger partial charge in [0.25, 0.3) is 5.91 Å². The second-order valence-corrected chi connectivity index (χ2v) is 8.29. The molecule has 0 bridgehead atoms. The highest BCUT2D eigenvalue weighted by atomic mass is 16.2. The van der Waals surface area contributed by atoms with Crippen LogP contribution in [0.5, 0.6) is 0 Å². The number of imidazole rings is 1. The van der Waals surface area contributed by atoms with E-state index >= 15 is 0 Å². The number of imide groups is 1. The summed E-state index contributed by atoms with van der Waals surface area (Å²) < 4.78 is 2.07. The minimum absolute atomic E-state index is 0.0155. The fourth-order valence-corrected chi connectivity index (χ4v) is 5.31. The zero-order chi connectivity index (χ0) is 19.1. The van der Waals surface area contributed by atoms with Crippen LogP contribution in [0.3, 0.4) is 0 Å². The van der Waals surface area contributed by atoms with Gasteiger partial charge < -0.3 is 9.47 Å². The summed E-state index contributed by atoms with van der Waals surface area (Å²) in [7, 11) is 0. The summed E-state index contributed by atoms with van der Waals surface area (Å²) in [6.45, 7) is 1.86. The molecule has 3 aliphatic rings. The molecule has 2 aromatic rings. The zero-order valence-electron chi connectivity index (χ0n) is 16.0. The smallest absolute Gasteiger partial charge is 0.327 e. The summed E-state index contributed by atoms with van der Waals surface area (Å²) in [6.07, 6.45) is 9.12. The molecule has 146 valence electrons. The summed E-state index contributed by atoms with van der Waals surface area (Å²) in [5, 5.41) is 0. The van der Waals surface area contributed by atoms with E-state index in [-0.39, 0.29) is 24.5 Å². The van der Waals surface area contributed by atoms with E-state index in [1.165, 1.54) is 16.9 Å². The van der Waals surface area contributed by atoms with E-state index in [1.54, 1.807) is 6.20 Å². The lowest BCUT2D eigenvalue weighted by Gasteiger charge is -2.18. The molecule has 6 heteroatoms. The Hall–Kier alpha value is -2.63. The van der Waals surface area contributed by atoms with Gasteiger partial charge in [0.15, 0.2) is 0 Å². The van der Waals surface area contributed by atoms with Gasteiger partial charge in [-0.3, -0.25) is 9.69 Å². The van der Waals surface area contributed by atoms with Gasteiger partial charge >= 0.3 is 6.03 Å². The summed E-state index contributed by atoms with van der Waals surface area (Å²) in [5.41, 5.74) is 1.32. The molecule has 0 N–H and O–H groups in total. The highest BCUT2D eigenvalue weighted by molar-refractivity contribution is 6.04. The van der Waals surface area contributed by atoms with Gasteiger partial charge in [-0.1, -0.05) is 36.8 Å². The van der Waals surface area contributed by atoms with Gasteiger partial charge in [-0.15, -0.1) is 0 Å². The van der Waals surface area contributed by atoms with Crippen LogP contribution in [0.2, 0.25) is 0 Å². The number of nitrogens with zero attached hydrogens (tertiary/aromatic N) is 4. The van der Waals surface area contributed by atoms with Crippen molar-refractivity contribution in [2.24, 2.45) is 11.8 Å². The molecule has 1 aromatic heterocycles. The van der Waals surface area contributed by atoms with E-state index in [0.717, 1.165) is 44.6 Å². The van der Waals surface area contributed by atoms with E-state index in [0.29, 0.717) is 11.8 Å². The molecule has 1 aliphatic carbocycles. The summed E-state index contributed by atoms with van der Waals surface area (Å²) in [6, 6.07) is 10.1. The van der Waals surface area contributed by atoms with E-state index in [9.17, 15) is 9.59 Å². The first-order valence-corrected chi connectivity index (χ1v) is 10.4. The Morgan fingerprint density at radius 1 is 1.11 bits per heavy atom. The number of carbonyl (C=O) groups excluding carboxylic acids is 2. The SMILES string of the molecule is O=C1[C@@H]2[C@H]3CCC[C@@H]3CN2C(=O)N1Cc1nccn1CCCc1ccccc1. The number of hydrogen-bond donors (Lipinski definition) is 0. The summed E-state index contributed by atoms with van der Waals surface area (Å²) in [5.74, 6) is 1.67. The maximum Gasteiger partial charge on any atom is 0.327 e. The van der Waals surface area contributed by atoms with Crippen LogP contribution < -0.4 is 0 Å². The Kier molecular flexibility index (Phi) is 4.41. The van der Waals surface area contributed by atoms with Crippen molar-refractivity contribution in [2.75, 3.05) is 6.54 Å². The minimum atomic E-state index is -0.221. The van der Waals surface area contributed by atoms with Crippen molar-refractivity contribution < 1.29 is 9.59 Å². The van der Waals surface area contributed by atoms with Crippen molar-refractivity contribution >= 4 is 11.9 Å². The van der Waals surface area contributed by atoms with E-state index in [2.05, 4.69) is 33.8 Å². The molecule has 3 atom stereocenters. The number of urea groups is 1. The first kappa shape index (κ1) is 17.5. The van der Waals surface area contributed by atoms with Crippen LogP contribution in [0.25, 0.3) is 0 Å². The Morgan fingerprint density at radius 3 is 2.82 bits per heavy atom. The lowest BCUT2D eigenvalue weighted by Crippen LogP contribution is -2.35. The third-order valence-electron chi connectivity index (χ3n) is 6.69. The molecule has 2 aliphatic heterocycles. The molecule has 1 aromatic carbocycles. The van der Waals surface area contributed by atoms with Gasteiger partial charge in [-0.25, -0.2) is 9.78 Å². The van der Waals surface area contributed by atoms with Crippen molar-refractivity contribution in [3.8, 4) is 0 Å². The second-order valence-electron chi connectivity index (χ2n) is 8.29. The zero-order valence-corrected chi connectivity index (χ0v) is 16.0. The van der Waals surface area contributed by atoms with E-state index in [1.807, 2.05) is 17.2 Å². The molecule has 3 amide bonds. The molecule has 5 rings (SSSR count). The summed E-state index contributed by atoms with van der Waals surface area (Å²) >= 11 is 0. The predicted octanol–water partition coefficient (Wildman–Crippen LogP) is 3.08. The number of carbonyl (C=O) groups is 2. The van der Waals surface area contributed by atoms with Crippen LogP contribution in [0, 0.1) is 11.8 Å². The number of hydrogen-bond acceptors (Lipinski definition) is 3. The lowest BCUT2D eigenvalue weighted by atomic mass is 9.93. The third-order valence-corrected chi connectivity index (χ3v) is 6.69. The first-order chi connectivity index (χ1) is 13.7. The molecule has 1 saturated carbocycles. The minimum Gasteiger partial charge on any atom is -0.333 e. The summed E-state index contributed by atoms with van der Waals surface area (Å²) in [4.78, 5) is 33.5. The number of aryl methyl sites for hydroxylation is 2. The molecular formula is C22H26N4O2. The largest absolute Gasteiger partial charge is 0.333 e. The van der Waals surface area contributed by atoms with Crippen LogP contribution in [0.4, 0.5) is 4.79 Å². The van der Waals surface area contributed by atoms with Crippen LogP contribution in [0.1, 0.15) is 37.1 Å². The average molecular weight is 378 g/mol. The average Bonchev–Trinajstić information content (AvgIpc) is 3.44. The maximum absolute atomic E-state index is 13.0. The van der Waals surface area contributed by atoms with Gasteiger partial charge in [0.2, 0.25) is 0 Å². The number of amides is 3. The fourth-order valence-electron chi connectivity index (χ4n) is 5.31. The molecule has 28 heavy (non-hydrogen) atoms. The van der Waals surface area contributed by atoms with Crippen LogP contribution in [-0.4, -0.2) is 43.9 Å². The molecule has 6 nitrogen and oxygen atoms in total. The van der Waals surface area contributed by atoms with Crippen molar-refractivity contribution in [1.82, 2.24) is 19.4 Å². The molecule has 0 radical (unpaired) electrons. The topological polar surface area (TPSA) is 58.4 Å². The van der Waals surface area contributed by atoms with Gasteiger partial charge in [0.05, 0.1) is 6.54 Å². The number of benzene rings is 1. The quantitative estimate of drug-likeness (QED) is 0.726. The van der Waals surface area contributed by atoms with E-state index in [4.69, 9.17) is 0 Å². The normalized spacial score (nSPS) is 26.2. The number of aromatic nitrogens is 2. The monoisotopic (exact) mass is 378 g/mol. The molecule has 2 saturated heterocycles. The molecule has 3 heterocycles. The lowest BCUT2D eigenvalue weighted by molar-refractivity contribution is -0.129. The van der Waals surface area contributed by atoms with Crippen LogP contribution in [-0.2, 0) is 24.3 Å². The highest BCUT2D eigenvalue weighted by Crippen LogP contribution is 2.45. The number of fused-ring (bicyclic) bond motifs is 3. The second kappa shape index (κ2) is 7.08. The van der Waals surface area contributed by atoms with E-state index < -0.39 is 0 Å². The molecule has 3 fully saturated rings. The first-order valence-electron chi connectivity index (χ1n) is 10.4. The Morgan fingerprint density at radius 2 is 1.96 bits per heavy atom. The maximum atomic E-state index is 13.0. The van der Waals surface area contributed by atoms with Crippen LogP contribution in [0.15, 0.2) is 42.7 Å². The molecule has 0 spiro atoms. The Labute approximate surface area is 165 Å². The van der Waals surface area contributed by atoms with Crippen molar-refractivity contribution in [3.63, 3.8) is 0 Å².